The first-order valence-corrected chi connectivity index (χ1v) is 8.34. The molecule has 1 aromatic heterocycles. The molecule has 130 valence electrons. The van der Waals surface area contributed by atoms with E-state index in [0.717, 1.165) is 35.4 Å². The minimum Gasteiger partial charge on any atom is -0.394 e. The normalized spacial score (nSPS) is 12.0. The standard InChI is InChI=1S/C18H26N4O2/c1-4-15-14(17(5-2)22(3)21-15)11-19-18(24)20-16(12-23)13-9-7-6-8-10-13/h6-10,16,23H,4-5,11-12H2,1-3H3,(H2,19,20,24). The van der Waals surface area contributed by atoms with E-state index >= 15 is 0 Å². The molecule has 0 spiro atoms. The number of rotatable bonds is 7. The highest BCUT2D eigenvalue weighted by molar-refractivity contribution is 5.74. The number of nitrogens with one attached hydrogen (secondary N) is 2. The van der Waals surface area contributed by atoms with Crippen LogP contribution in [0.15, 0.2) is 30.3 Å². The molecular weight excluding hydrogens is 304 g/mol. The van der Waals surface area contributed by atoms with Gasteiger partial charge in [0.2, 0.25) is 0 Å². The summed E-state index contributed by atoms with van der Waals surface area (Å²) in [5, 5.41) is 19.7. The predicted molar refractivity (Wildman–Crippen MR) is 93.6 cm³/mol. The number of aromatic nitrogens is 2. The summed E-state index contributed by atoms with van der Waals surface area (Å²) < 4.78 is 1.88. The molecule has 0 aliphatic heterocycles. The Kier molecular flexibility index (Phi) is 6.37. The average Bonchev–Trinajstić information content (AvgIpc) is 2.93. The first-order chi connectivity index (χ1) is 11.6. The van der Waals surface area contributed by atoms with Gasteiger partial charge in [-0.1, -0.05) is 44.2 Å². The molecule has 2 aromatic rings. The van der Waals surface area contributed by atoms with Gasteiger partial charge >= 0.3 is 6.03 Å². The molecule has 6 nitrogen and oxygen atoms in total. The van der Waals surface area contributed by atoms with E-state index in [2.05, 4.69) is 29.6 Å². The van der Waals surface area contributed by atoms with Gasteiger partial charge in [0.25, 0.3) is 0 Å². The second kappa shape index (κ2) is 8.49. The lowest BCUT2D eigenvalue weighted by Gasteiger charge is -2.17. The highest BCUT2D eigenvalue weighted by Crippen LogP contribution is 2.15. The van der Waals surface area contributed by atoms with Crippen LogP contribution in [0.3, 0.4) is 0 Å². The maximum atomic E-state index is 12.2. The number of carbonyl (C=O) groups excluding carboxylic acids is 1. The van der Waals surface area contributed by atoms with Crippen molar-refractivity contribution >= 4 is 6.03 Å². The summed E-state index contributed by atoms with van der Waals surface area (Å²) in [6, 6.07) is 8.71. The zero-order valence-corrected chi connectivity index (χ0v) is 14.5. The number of hydrogen-bond acceptors (Lipinski definition) is 3. The molecule has 0 saturated carbocycles. The van der Waals surface area contributed by atoms with E-state index in [1.54, 1.807) is 0 Å². The third kappa shape index (κ3) is 4.14. The Morgan fingerprint density at radius 3 is 2.54 bits per heavy atom. The van der Waals surface area contributed by atoms with Crippen LogP contribution < -0.4 is 10.6 Å². The summed E-state index contributed by atoms with van der Waals surface area (Å²) in [7, 11) is 1.93. The molecule has 0 fully saturated rings. The smallest absolute Gasteiger partial charge is 0.315 e. The Labute approximate surface area is 142 Å². The summed E-state index contributed by atoms with van der Waals surface area (Å²) in [5.41, 5.74) is 4.10. The van der Waals surface area contributed by atoms with Gasteiger partial charge in [0.15, 0.2) is 0 Å². The van der Waals surface area contributed by atoms with E-state index < -0.39 is 6.04 Å². The molecule has 6 heteroatoms. The maximum absolute atomic E-state index is 12.2. The fraction of sp³-hybridized carbons (Fsp3) is 0.444. The Morgan fingerprint density at radius 1 is 1.25 bits per heavy atom. The quantitative estimate of drug-likeness (QED) is 0.727. The second-order valence-electron chi connectivity index (χ2n) is 5.68. The molecule has 2 amide bonds. The highest BCUT2D eigenvalue weighted by atomic mass is 16.3. The Hall–Kier alpha value is -2.34. The number of aliphatic hydroxyl groups excluding tert-OH is 1. The van der Waals surface area contributed by atoms with E-state index in [0.29, 0.717) is 6.54 Å². The van der Waals surface area contributed by atoms with Crippen LogP contribution in [-0.2, 0) is 26.4 Å². The van der Waals surface area contributed by atoms with Gasteiger partial charge in [0.1, 0.15) is 0 Å². The number of amides is 2. The van der Waals surface area contributed by atoms with Gasteiger partial charge in [-0.05, 0) is 18.4 Å². The topological polar surface area (TPSA) is 79.2 Å². The number of aryl methyl sites for hydroxylation is 2. The number of benzene rings is 1. The zero-order chi connectivity index (χ0) is 17.5. The molecule has 2 rings (SSSR count). The third-order valence-corrected chi connectivity index (χ3v) is 4.14. The van der Waals surface area contributed by atoms with Crippen molar-refractivity contribution in [2.24, 2.45) is 7.05 Å². The summed E-state index contributed by atoms with van der Waals surface area (Å²) in [6.07, 6.45) is 1.70. The van der Waals surface area contributed by atoms with Gasteiger partial charge in [-0.3, -0.25) is 4.68 Å². The van der Waals surface area contributed by atoms with Crippen LogP contribution in [0.2, 0.25) is 0 Å². The fourth-order valence-electron chi connectivity index (χ4n) is 2.89. The maximum Gasteiger partial charge on any atom is 0.315 e. The lowest BCUT2D eigenvalue weighted by Crippen LogP contribution is -2.39. The van der Waals surface area contributed by atoms with E-state index in [1.807, 2.05) is 42.1 Å². The lowest BCUT2D eigenvalue weighted by molar-refractivity contribution is 0.216. The van der Waals surface area contributed by atoms with Gasteiger partial charge < -0.3 is 15.7 Å². The molecule has 1 atom stereocenters. The van der Waals surface area contributed by atoms with Crippen molar-refractivity contribution in [3.8, 4) is 0 Å². The van der Waals surface area contributed by atoms with Crippen molar-refractivity contribution in [3.05, 3.63) is 52.8 Å². The number of urea groups is 1. The van der Waals surface area contributed by atoms with Gasteiger partial charge in [-0.15, -0.1) is 0 Å². The van der Waals surface area contributed by atoms with Crippen molar-refractivity contribution in [1.82, 2.24) is 20.4 Å². The molecule has 3 N–H and O–H groups in total. The number of carbonyl (C=O) groups is 1. The van der Waals surface area contributed by atoms with Gasteiger partial charge in [-0.25, -0.2) is 4.79 Å². The highest BCUT2D eigenvalue weighted by Gasteiger charge is 2.16. The van der Waals surface area contributed by atoms with Crippen LogP contribution in [0, 0.1) is 0 Å². The van der Waals surface area contributed by atoms with Gasteiger partial charge in [0.05, 0.1) is 18.3 Å². The van der Waals surface area contributed by atoms with Crippen LogP contribution in [0.1, 0.15) is 42.4 Å². The van der Waals surface area contributed by atoms with Crippen LogP contribution in [0.4, 0.5) is 4.79 Å². The van der Waals surface area contributed by atoms with Gasteiger partial charge in [-0.2, -0.15) is 5.10 Å². The summed E-state index contributed by atoms with van der Waals surface area (Å²) >= 11 is 0. The summed E-state index contributed by atoms with van der Waals surface area (Å²) in [6.45, 7) is 4.42. The first-order valence-electron chi connectivity index (χ1n) is 8.34. The van der Waals surface area contributed by atoms with E-state index in [4.69, 9.17) is 0 Å². The van der Waals surface area contributed by atoms with Crippen molar-refractivity contribution in [2.75, 3.05) is 6.61 Å². The van der Waals surface area contributed by atoms with E-state index in [9.17, 15) is 9.90 Å². The van der Waals surface area contributed by atoms with E-state index in [1.165, 1.54) is 0 Å². The molecule has 0 aliphatic rings. The number of hydrogen-bond donors (Lipinski definition) is 3. The molecular formula is C18H26N4O2. The third-order valence-electron chi connectivity index (χ3n) is 4.14. The molecule has 1 aromatic carbocycles. The zero-order valence-electron chi connectivity index (χ0n) is 14.5. The van der Waals surface area contributed by atoms with Crippen LogP contribution in [0.25, 0.3) is 0 Å². The summed E-state index contributed by atoms with van der Waals surface area (Å²) in [5.74, 6) is 0. The predicted octanol–water partition coefficient (Wildman–Crippen LogP) is 2.08. The Balaban J connectivity index is 2.01. The minimum absolute atomic E-state index is 0.148. The molecule has 0 aliphatic carbocycles. The van der Waals surface area contributed by atoms with Gasteiger partial charge in [0, 0.05) is 24.8 Å². The average molecular weight is 330 g/mol. The molecule has 1 heterocycles. The van der Waals surface area contributed by atoms with Crippen LogP contribution in [0.5, 0.6) is 0 Å². The molecule has 0 bridgehead atoms. The lowest BCUT2D eigenvalue weighted by atomic mass is 10.1. The molecule has 0 radical (unpaired) electrons. The Morgan fingerprint density at radius 2 is 1.96 bits per heavy atom. The van der Waals surface area contributed by atoms with Crippen molar-refractivity contribution in [3.63, 3.8) is 0 Å². The summed E-state index contributed by atoms with van der Waals surface area (Å²) in [4.78, 5) is 12.2. The van der Waals surface area contributed by atoms with Crippen LogP contribution >= 0.6 is 0 Å². The SMILES string of the molecule is CCc1nn(C)c(CC)c1CNC(=O)NC(CO)c1ccccc1. The first kappa shape index (κ1) is 18.0. The van der Waals surface area contributed by atoms with E-state index in [-0.39, 0.29) is 12.6 Å². The number of nitrogens with zero attached hydrogens (tertiary/aromatic N) is 2. The molecule has 1 unspecified atom stereocenters. The van der Waals surface area contributed by atoms with Crippen molar-refractivity contribution in [2.45, 2.75) is 39.3 Å². The van der Waals surface area contributed by atoms with Crippen molar-refractivity contribution < 1.29 is 9.90 Å². The fourth-order valence-corrected chi connectivity index (χ4v) is 2.89. The minimum atomic E-state index is -0.420. The largest absolute Gasteiger partial charge is 0.394 e. The van der Waals surface area contributed by atoms with Crippen molar-refractivity contribution in [1.29, 1.82) is 0 Å². The Bertz CT molecular complexity index is 667. The number of aliphatic hydroxyl groups is 1. The van der Waals surface area contributed by atoms with Crippen LogP contribution in [-0.4, -0.2) is 27.5 Å². The molecule has 24 heavy (non-hydrogen) atoms. The monoisotopic (exact) mass is 330 g/mol. The second-order valence-corrected chi connectivity index (χ2v) is 5.68. The molecule has 0 saturated heterocycles.